The van der Waals surface area contributed by atoms with Gasteiger partial charge in [0.05, 0.1) is 6.61 Å². The van der Waals surface area contributed by atoms with Gasteiger partial charge in [-0.2, -0.15) is 4.98 Å². The molecule has 0 aromatic carbocycles. The molecular formula is C9H12N6O4. The number of hydrogen-bond donors (Lipinski definition) is 2. The first-order chi connectivity index (χ1) is 9.15. The fourth-order valence-electron chi connectivity index (χ4n) is 1.87. The van der Waals surface area contributed by atoms with Crippen molar-refractivity contribution in [3.05, 3.63) is 33.2 Å². The number of azide groups is 1. The van der Waals surface area contributed by atoms with Crippen LogP contribution in [0.2, 0.25) is 0 Å². The molecule has 10 nitrogen and oxygen atoms in total. The summed E-state index contributed by atoms with van der Waals surface area (Å²) in [6, 6.07) is 1.46. The molecule has 1 fully saturated rings. The van der Waals surface area contributed by atoms with Crippen LogP contribution in [0.4, 0.5) is 5.82 Å². The van der Waals surface area contributed by atoms with Crippen molar-refractivity contribution >= 4 is 5.82 Å². The number of anilines is 1. The molecule has 2 rings (SSSR count). The third-order valence-electron chi connectivity index (χ3n) is 2.74. The van der Waals surface area contributed by atoms with E-state index in [9.17, 15) is 4.79 Å². The summed E-state index contributed by atoms with van der Waals surface area (Å²) in [5.74, 6) is 0.111. The third kappa shape index (κ3) is 2.76. The molecular weight excluding hydrogens is 256 g/mol. The van der Waals surface area contributed by atoms with Crippen LogP contribution in [0.15, 0.2) is 22.3 Å². The number of aromatic nitrogens is 2. The van der Waals surface area contributed by atoms with Crippen molar-refractivity contribution in [2.75, 3.05) is 12.3 Å². The minimum absolute atomic E-state index is 0.111. The first kappa shape index (κ1) is 13.1. The van der Waals surface area contributed by atoms with Crippen LogP contribution in [0, 0.1) is 0 Å². The Bertz CT molecular complexity index is 554. The summed E-state index contributed by atoms with van der Waals surface area (Å²) in [6.45, 7) is -0.320. The molecule has 3 N–H and O–H groups in total. The summed E-state index contributed by atoms with van der Waals surface area (Å²) in [6.07, 6.45) is -0.276. The molecule has 0 spiro atoms. The molecule has 1 saturated heterocycles. The second-order valence-corrected chi connectivity index (χ2v) is 3.90. The Balaban J connectivity index is 2.18. The Morgan fingerprint density at radius 1 is 1.79 bits per heavy atom. The highest BCUT2D eigenvalue weighted by Gasteiger charge is 2.37. The van der Waals surface area contributed by atoms with Gasteiger partial charge in [-0.25, -0.2) is 4.79 Å². The van der Waals surface area contributed by atoms with E-state index in [4.69, 9.17) is 25.9 Å². The maximum absolute atomic E-state index is 11.6. The van der Waals surface area contributed by atoms with Gasteiger partial charge in [-0.3, -0.25) is 4.57 Å². The van der Waals surface area contributed by atoms with E-state index in [0.717, 1.165) is 0 Å². The molecule has 0 unspecified atom stereocenters. The molecule has 0 bridgehead atoms. The lowest BCUT2D eigenvalue weighted by molar-refractivity contribution is -0.0625. The molecule has 19 heavy (non-hydrogen) atoms. The highest BCUT2D eigenvalue weighted by atomic mass is 16.7. The molecule has 0 radical (unpaired) electrons. The fraction of sp³-hybridized carbons (Fsp3) is 0.556. The van der Waals surface area contributed by atoms with Crippen LogP contribution >= 0.6 is 0 Å². The van der Waals surface area contributed by atoms with Crippen molar-refractivity contribution in [2.24, 2.45) is 5.28 Å². The van der Waals surface area contributed by atoms with Gasteiger partial charge in [-0.15, -0.1) is 0 Å². The van der Waals surface area contributed by atoms with Crippen LogP contribution in [0.25, 0.3) is 10.4 Å². The molecule has 10 heteroatoms. The number of rotatable bonds is 4. The molecule has 0 amide bonds. The Labute approximate surface area is 107 Å². The predicted molar refractivity (Wildman–Crippen MR) is 62.5 cm³/mol. The van der Waals surface area contributed by atoms with E-state index in [0.29, 0.717) is 0 Å². The molecule has 0 saturated carbocycles. The monoisotopic (exact) mass is 268 g/mol. The number of nitrogen functional groups attached to an aromatic ring is 1. The van der Waals surface area contributed by atoms with E-state index in [1.54, 1.807) is 0 Å². The second kappa shape index (κ2) is 5.57. The highest BCUT2D eigenvalue weighted by Crippen LogP contribution is 2.29. The summed E-state index contributed by atoms with van der Waals surface area (Å²) in [4.78, 5) is 22.5. The van der Waals surface area contributed by atoms with Crippen molar-refractivity contribution in [1.29, 1.82) is 0 Å². The zero-order valence-electron chi connectivity index (χ0n) is 9.79. The van der Waals surface area contributed by atoms with Gasteiger partial charge >= 0.3 is 5.69 Å². The van der Waals surface area contributed by atoms with Crippen molar-refractivity contribution < 1.29 is 14.7 Å². The zero-order chi connectivity index (χ0) is 13.8. The predicted octanol–water partition coefficient (Wildman–Crippen LogP) is -0.284. The summed E-state index contributed by atoms with van der Waals surface area (Å²) >= 11 is 0. The molecule has 1 aromatic rings. The maximum atomic E-state index is 11.6. The van der Waals surface area contributed by atoms with Gasteiger partial charge in [-0.1, -0.05) is 0 Å². The molecule has 0 aliphatic carbocycles. The molecule has 2 heterocycles. The topological polar surface area (TPSA) is 148 Å². The summed E-state index contributed by atoms with van der Waals surface area (Å²) < 4.78 is 6.69. The fourth-order valence-corrected chi connectivity index (χ4v) is 1.87. The number of ether oxygens (including phenoxy) is 1. The van der Waals surface area contributed by atoms with Gasteiger partial charge < -0.3 is 20.4 Å². The summed E-state index contributed by atoms with van der Waals surface area (Å²) in [5.41, 5.74) is 13.0. The summed E-state index contributed by atoms with van der Waals surface area (Å²) in [5, 5.41) is 12.1. The third-order valence-corrected chi connectivity index (χ3v) is 2.74. The van der Waals surface area contributed by atoms with Gasteiger partial charge in [0.15, 0.2) is 0 Å². The Hall–Kier alpha value is -2.29. The van der Waals surface area contributed by atoms with E-state index in [1.165, 1.54) is 16.8 Å². The normalized spacial score (nSPS) is 25.8. The number of aliphatic hydroxyl groups is 1. The zero-order valence-corrected chi connectivity index (χ0v) is 9.79. The lowest BCUT2D eigenvalue weighted by Gasteiger charge is -2.14. The van der Waals surface area contributed by atoms with Crippen molar-refractivity contribution in [2.45, 2.75) is 24.9 Å². The minimum Gasteiger partial charge on any atom is -0.427 e. The van der Waals surface area contributed by atoms with Crippen LogP contribution in [-0.4, -0.2) is 33.5 Å². The second-order valence-electron chi connectivity index (χ2n) is 3.90. The van der Waals surface area contributed by atoms with Crippen LogP contribution in [0.1, 0.15) is 12.6 Å². The molecule has 102 valence electrons. The average molecular weight is 268 g/mol. The van der Waals surface area contributed by atoms with Crippen LogP contribution in [0.3, 0.4) is 0 Å². The van der Waals surface area contributed by atoms with Gasteiger partial charge in [0.1, 0.15) is 29.5 Å². The minimum atomic E-state index is -0.681. The van der Waals surface area contributed by atoms with Crippen molar-refractivity contribution in [3.63, 3.8) is 0 Å². The molecule has 1 aliphatic rings. The Morgan fingerprint density at radius 3 is 3.21 bits per heavy atom. The van der Waals surface area contributed by atoms with Crippen LogP contribution < -0.4 is 11.4 Å². The SMILES string of the molecule is [N-]=[N+]=NO[C@H]1C[C@H](n2ccc(N)nc2=O)O[C@@H]1CO. The highest BCUT2D eigenvalue weighted by molar-refractivity contribution is 5.23. The maximum Gasteiger partial charge on any atom is 0.351 e. The lowest BCUT2D eigenvalue weighted by Crippen LogP contribution is -2.28. The van der Waals surface area contributed by atoms with Gasteiger partial charge in [-0.05, 0) is 11.6 Å². The first-order valence-corrected chi connectivity index (χ1v) is 5.47. The molecule has 1 aromatic heterocycles. The summed E-state index contributed by atoms with van der Waals surface area (Å²) in [7, 11) is 0. The van der Waals surface area contributed by atoms with E-state index in [1.807, 2.05) is 0 Å². The quantitative estimate of drug-likeness (QED) is 0.332. The van der Waals surface area contributed by atoms with E-state index in [2.05, 4.69) is 15.2 Å². The lowest BCUT2D eigenvalue weighted by atomic mass is 10.2. The molecule has 1 aliphatic heterocycles. The number of hydrogen-bond acceptors (Lipinski definition) is 7. The number of nitrogens with zero attached hydrogens (tertiary/aromatic N) is 5. The van der Waals surface area contributed by atoms with Crippen molar-refractivity contribution in [3.8, 4) is 0 Å². The largest absolute Gasteiger partial charge is 0.427 e. The van der Waals surface area contributed by atoms with Crippen LogP contribution in [-0.2, 0) is 9.57 Å². The molecule has 3 atom stereocenters. The van der Waals surface area contributed by atoms with E-state index in [-0.39, 0.29) is 18.8 Å². The smallest absolute Gasteiger partial charge is 0.351 e. The average Bonchev–Trinajstić information content (AvgIpc) is 2.79. The van der Waals surface area contributed by atoms with Crippen molar-refractivity contribution in [1.82, 2.24) is 9.55 Å². The van der Waals surface area contributed by atoms with Gasteiger partial charge in [0.2, 0.25) is 0 Å². The van der Waals surface area contributed by atoms with Crippen LogP contribution in [0.5, 0.6) is 0 Å². The van der Waals surface area contributed by atoms with E-state index < -0.39 is 24.1 Å². The van der Waals surface area contributed by atoms with Gasteiger partial charge in [0, 0.05) is 17.5 Å². The Morgan fingerprint density at radius 2 is 2.58 bits per heavy atom. The number of nitrogens with two attached hydrogens (primary N) is 1. The first-order valence-electron chi connectivity index (χ1n) is 5.47. The Kier molecular flexibility index (Phi) is 3.85. The number of aliphatic hydroxyl groups excluding tert-OH is 1. The van der Waals surface area contributed by atoms with E-state index >= 15 is 0 Å². The van der Waals surface area contributed by atoms with Gasteiger partial charge in [0.25, 0.3) is 0 Å². The standard InChI is InChI=1S/C9H12N6O4/c10-7-1-2-15(9(17)12-7)8-3-5(19-14-13-11)6(4-16)18-8/h1-2,5-6,8,16H,3-4H2,(H2,10,12,17)/t5-,6+,8+/m0/s1.